The van der Waals surface area contributed by atoms with Crippen LogP contribution in [0, 0.1) is 34.9 Å². The van der Waals surface area contributed by atoms with Crippen LogP contribution in [0.3, 0.4) is 0 Å². The summed E-state index contributed by atoms with van der Waals surface area (Å²) in [5.41, 5.74) is 5.45. The number of aromatic hydroxyl groups is 1. The normalized spacial score (nSPS) is 17.7. The van der Waals surface area contributed by atoms with Crippen LogP contribution in [0.25, 0.3) is 32.9 Å². The third-order valence-electron chi connectivity index (χ3n) is 10.3. The molecule has 2 fully saturated rings. The van der Waals surface area contributed by atoms with Crippen LogP contribution in [0.4, 0.5) is 14.6 Å². The van der Waals surface area contributed by atoms with Gasteiger partial charge in [-0.05, 0) is 72.2 Å². The zero-order valence-corrected chi connectivity index (χ0v) is 30.7. The molecule has 4 heterocycles. The predicted octanol–water partition coefficient (Wildman–Crippen LogP) is 8.43. The number of thioether (sulfide) groups is 1. The molecule has 6 rings (SSSR count). The predicted molar refractivity (Wildman–Crippen MR) is 196 cm³/mol. The van der Waals surface area contributed by atoms with Crippen LogP contribution < -0.4 is 10.2 Å². The number of piperazine rings is 1. The highest BCUT2D eigenvalue weighted by atomic mass is 32.2. The van der Waals surface area contributed by atoms with E-state index in [4.69, 9.17) is 9.97 Å². The molecule has 2 N–H and O–H groups in total. The minimum absolute atomic E-state index is 0.0630. The molecule has 0 aliphatic carbocycles. The van der Waals surface area contributed by atoms with E-state index in [1.165, 1.54) is 23.9 Å². The number of phenolic OH excluding ortho intramolecular Hbond substituents is 1. The molecule has 2 bridgehead atoms. The molecule has 2 aromatic heterocycles. The summed E-state index contributed by atoms with van der Waals surface area (Å²) in [4.78, 5) is 16.6. The van der Waals surface area contributed by atoms with E-state index in [2.05, 4.69) is 80.0 Å². The van der Waals surface area contributed by atoms with Gasteiger partial charge in [0.05, 0.1) is 10.9 Å². The van der Waals surface area contributed by atoms with E-state index >= 15 is 8.78 Å². The number of phenols is 1. The number of rotatable bonds is 6. The van der Waals surface area contributed by atoms with Gasteiger partial charge in [-0.2, -0.15) is 0 Å². The second kappa shape index (κ2) is 13.3. The highest BCUT2D eigenvalue weighted by Crippen LogP contribution is 2.43. The number of pyridine rings is 1. The Morgan fingerprint density at radius 1 is 0.938 bits per heavy atom. The molecule has 2 saturated heterocycles. The molecule has 2 aliphatic rings. The molecular formula is C38H43F2N5OSSi. The lowest BCUT2D eigenvalue weighted by molar-refractivity contribution is 0.463. The van der Waals surface area contributed by atoms with Crippen LogP contribution in [0.1, 0.15) is 72.6 Å². The third kappa shape index (κ3) is 5.82. The fourth-order valence-electron chi connectivity index (χ4n) is 8.15. The summed E-state index contributed by atoms with van der Waals surface area (Å²) < 4.78 is 33.1. The summed E-state index contributed by atoms with van der Waals surface area (Å²) in [6, 6.07) is 6.62. The minimum atomic E-state index is -2.25. The second-order valence-electron chi connectivity index (χ2n) is 14.0. The summed E-state index contributed by atoms with van der Waals surface area (Å²) in [5, 5.41) is 16.4. The maximum atomic E-state index is 17.1. The molecule has 0 amide bonds. The Hall–Kier alpha value is -3.70. The molecule has 0 saturated carbocycles. The average molecular weight is 684 g/mol. The number of nitrogens with zero attached hydrogens (tertiary/aromatic N) is 4. The molecule has 250 valence electrons. The Morgan fingerprint density at radius 2 is 1.60 bits per heavy atom. The Balaban J connectivity index is 1.66. The van der Waals surface area contributed by atoms with Crippen molar-refractivity contribution >= 4 is 47.3 Å². The number of fused-ring (bicyclic) bond motifs is 4. The maximum Gasteiger partial charge on any atom is 0.189 e. The molecule has 4 aromatic rings. The van der Waals surface area contributed by atoms with E-state index < -0.39 is 19.7 Å². The van der Waals surface area contributed by atoms with Crippen molar-refractivity contribution in [3.05, 3.63) is 47.2 Å². The zero-order valence-electron chi connectivity index (χ0n) is 28.9. The molecule has 0 radical (unpaired) electrons. The Bertz CT molecular complexity index is 2010. The van der Waals surface area contributed by atoms with Gasteiger partial charge >= 0.3 is 0 Å². The quantitative estimate of drug-likeness (QED) is 0.0915. The molecule has 48 heavy (non-hydrogen) atoms. The van der Waals surface area contributed by atoms with Gasteiger partial charge in [0, 0.05) is 36.1 Å². The summed E-state index contributed by atoms with van der Waals surface area (Å²) in [6.07, 6.45) is 4.03. The lowest BCUT2D eigenvalue weighted by atomic mass is 9.95. The summed E-state index contributed by atoms with van der Waals surface area (Å²) in [6.45, 7) is 16.4. The van der Waals surface area contributed by atoms with Crippen molar-refractivity contribution < 1.29 is 13.9 Å². The molecule has 10 heteroatoms. The van der Waals surface area contributed by atoms with Gasteiger partial charge in [0.15, 0.2) is 11.0 Å². The molecular weight excluding hydrogens is 641 g/mol. The first-order chi connectivity index (χ1) is 22.9. The van der Waals surface area contributed by atoms with Crippen molar-refractivity contribution in [2.45, 2.75) is 95.2 Å². The van der Waals surface area contributed by atoms with Crippen molar-refractivity contribution in [2.24, 2.45) is 0 Å². The Morgan fingerprint density at radius 3 is 2.21 bits per heavy atom. The van der Waals surface area contributed by atoms with Crippen molar-refractivity contribution in [3.63, 3.8) is 0 Å². The van der Waals surface area contributed by atoms with Crippen molar-refractivity contribution in [3.8, 4) is 40.3 Å². The van der Waals surface area contributed by atoms with Gasteiger partial charge in [-0.25, -0.2) is 23.7 Å². The minimum Gasteiger partial charge on any atom is -0.508 e. The lowest BCUT2D eigenvalue weighted by Gasteiger charge is -2.38. The van der Waals surface area contributed by atoms with Gasteiger partial charge in [0.1, 0.15) is 42.4 Å². The molecule has 2 atom stereocenters. The fourth-order valence-corrected chi connectivity index (χ4v) is 13.7. The molecule has 0 unspecified atom stereocenters. The number of hydrogen-bond donors (Lipinski definition) is 2. The molecule has 6 nitrogen and oxygen atoms in total. The SMILES string of the molecule is CC#Cc1nc(-c2cc(O)cc3ccc(F)c(C#C[Si](C(C)C)(C(C)C)C(C)C)c23)c(F)c2nc(SC)nc(N3C[C@H]4CC[C@@H](C3)N4)c12. The standard InChI is InChI=1S/C38H43F2N5OSSi/c1-9-10-31-33-36(43-38(47-8)44-37(33)45-19-25-12-13-26(20-45)41-25)34(40)35(42-31)29-18-27(46)17-24-11-14-30(39)28(32(24)29)15-16-48(21(2)3,22(4)5)23(6)7/h11,14,17-18,21-23,25-26,41,46H,12-13,19-20H2,1-8H3/t25-,26+. The maximum absolute atomic E-state index is 17.1. The molecule has 2 aliphatic heterocycles. The van der Waals surface area contributed by atoms with Gasteiger partial charge in [-0.15, -0.1) is 5.54 Å². The van der Waals surface area contributed by atoms with Crippen LogP contribution >= 0.6 is 11.8 Å². The van der Waals surface area contributed by atoms with Crippen LogP contribution in [0.5, 0.6) is 5.75 Å². The van der Waals surface area contributed by atoms with Crippen molar-refractivity contribution in [2.75, 3.05) is 24.2 Å². The van der Waals surface area contributed by atoms with E-state index in [9.17, 15) is 5.11 Å². The zero-order chi connectivity index (χ0) is 34.5. The van der Waals surface area contributed by atoms with E-state index in [1.54, 1.807) is 19.1 Å². The van der Waals surface area contributed by atoms with E-state index in [-0.39, 0.29) is 28.1 Å². The van der Waals surface area contributed by atoms with Crippen molar-refractivity contribution in [1.29, 1.82) is 0 Å². The van der Waals surface area contributed by atoms with Crippen LogP contribution in [0.2, 0.25) is 16.6 Å². The van der Waals surface area contributed by atoms with Gasteiger partial charge in [-0.3, -0.25) is 0 Å². The second-order valence-corrected chi connectivity index (χ2v) is 20.3. The first-order valence-electron chi connectivity index (χ1n) is 16.8. The van der Waals surface area contributed by atoms with Crippen LogP contribution in [-0.4, -0.2) is 59.6 Å². The first kappa shape index (κ1) is 34.2. The highest BCUT2D eigenvalue weighted by Gasteiger charge is 2.42. The van der Waals surface area contributed by atoms with E-state index in [1.807, 2.05) is 6.26 Å². The molecule has 2 aromatic carbocycles. The topological polar surface area (TPSA) is 74.2 Å². The summed E-state index contributed by atoms with van der Waals surface area (Å²) in [5.74, 6) is 8.69. The number of anilines is 1. The third-order valence-corrected chi connectivity index (χ3v) is 17.1. The number of benzene rings is 2. The van der Waals surface area contributed by atoms with Crippen molar-refractivity contribution in [1.82, 2.24) is 20.3 Å². The number of halogens is 2. The Kier molecular flexibility index (Phi) is 9.47. The smallest absolute Gasteiger partial charge is 0.189 e. The van der Waals surface area contributed by atoms with Crippen LogP contribution in [0.15, 0.2) is 29.4 Å². The van der Waals surface area contributed by atoms with Crippen LogP contribution in [-0.2, 0) is 0 Å². The van der Waals surface area contributed by atoms with Gasteiger partial charge in [-0.1, -0.05) is 71.2 Å². The van der Waals surface area contributed by atoms with E-state index in [0.29, 0.717) is 61.5 Å². The van der Waals surface area contributed by atoms with Gasteiger partial charge in [0.25, 0.3) is 0 Å². The van der Waals surface area contributed by atoms with Gasteiger partial charge < -0.3 is 15.3 Å². The molecule has 0 spiro atoms. The number of hydrogen-bond acceptors (Lipinski definition) is 7. The first-order valence-corrected chi connectivity index (χ1v) is 20.2. The summed E-state index contributed by atoms with van der Waals surface area (Å²) in [7, 11) is -2.25. The monoisotopic (exact) mass is 683 g/mol. The highest BCUT2D eigenvalue weighted by molar-refractivity contribution is 7.98. The lowest BCUT2D eigenvalue weighted by Crippen LogP contribution is -2.51. The Labute approximate surface area is 287 Å². The summed E-state index contributed by atoms with van der Waals surface area (Å²) >= 11 is 1.34. The number of nitrogens with one attached hydrogen (secondary N) is 1. The fraction of sp³-hybridized carbons (Fsp3) is 0.447. The van der Waals surface area contributed by atoms with Gasteiger partial charge in [0.2, 0.25) is 0 Å². The largest absolute Gasteiger partial charge is 0.508 e. The number of aromatic nitrogens is 3. The average Bonchev–Trinajstić information content (AvgIpc) is 3.38. The van der Waals surface area contributed by atoms with E-state index in [0.717, 1.165) is 25.9 Å².